The summed E-state index contributed by atoms with van der Waals surface area (Å²) in [7, 11) is 0. The SMILES string of the molecule is Cc1cc(C(=O)Nc2ccc(Cl)cc2C(=O)O)ccn1. The van der Waals surface area contributed by atoms with Crippen molar-refractivity contribution in [1.29, 1.82) is 0 Å². The number of pyridine rings is 1. The van der Waals surface area contributed by atoms with Crippen LogP contribution in [0.15, 0.2) is 36.5 Å². The predicted molar refractivity (Wildman–Crippen MR) is 75.3 cm³/mol. The Labute approximate surface area is 120 Å². The van der Waals surface area contributed by atoms with Gasteiger partial charge in [-0.05, 0) is 37.3 Å². The third-order valence-electron chi connectivity index (χ3n) is 2.62. The quantitative estimate of drug-likeness (QED) is 0.911. The van der Waals surface area contributed by atoms with Gasteiger partial charge in [0.05, 0.1) is 11.3 Å². The number of carboxylic acids is 1. The standard InChI is InChI=1S/C14H11ClN2O3/c1-8-6-9(4-5-16-8)13(18)17-12-3-2-10(15)7-11(12)14(19)20/h2-7H,1H3,(H,17,18)(H,19,20). The number of hydrogen-bond acceptors (Lipinski definition) is 3. The van der Waals surface area contributed by atoms with Crippen LogP contribution in [0.5, 0.6) is 0 Å². The molecule has 0 bridgehead atoms. The van der Waals surface area contributed by atoms with Crippen LogP contribution in [-0.4, -0.2) is 22.0 Å². The number of carbonyl (C=O) groups excluding carboxylic acids is 1. The van der Waals surface area contributed by atoms with Gasteiger partial charge in [0.15, 0.2) is 0 Å². The summed E-state index contributed by atoms with van der Waals surface area (Å²) in [5.41, 5.74) is 1.24. The van der Waals surface area contributed by atoms with Crippen molar-refractivity contribution in [1.82, 2.24) is 4.98 Å². The highest BCUT2D eigenvalue weighted by Gasteiger charge is 2.14. The predicted octanol–water partition coefficient (Wildman–Crippen LogP) is 2.99. The molecule has 1 amide bonds. The fourth-order valence-electron chi connectivity index (χ4n) is 1.68. The van der Waals surface area contributed by atoms with Crippen LogP contribution in [0.4, 0.5) is 5.69 Å². The number of aromatic carboxylic acids is 1. The van der Waals surface area contributed by atoms with Crippen LogP contribution in [0.1, 0.15) is 26.4 Å². The molecule has 2 N–H and O–H groups in total. The second-order valence-electron chi connectivity index (χ2n) is 4.14. The molecule has 0 aliphatic rings. The molecule has 5 nitrogen and oxygen atoms in total. The maximum Gasteiger partial charge on any atom is 0.337 e. The van der Waals surface area contributed by atoms with E-state index in [-0.39, 0.29) is 11.3 Å². The molecule has 0 aliphatic heterocycles. The first-order valence-corrected chi connectivity index (χ1v) is 6.12. The Balaban J connectivity index is 2.30. The number of nitrogens with one attached hydrogen (secondary N) is 1. The molecule has 0 spiro atoms. The number of rotatable bonds is 3. The van der Waals surface area contributed by atoms with Gasteiger partial charge in [-0.2, -0.15) is 0 Å². The molecule has 1 aromatic heterocycles. The van der Waals surface area contributed by atoms with E-state index in [4.69, 9.17) is 16.7 Å². The summed E-state index contributed by atoms with van der Waals surface area (Å²) in [4.78, 5) is 27.2. The summed E-state index contributed by atoms with van der Waals surface area (Å²) in [5, 5.41) is 11.9. The Kier molecular flexibility index (Phi) is 4.00. The van der Waals surface area contributed by atoms with Gasteiger partial charge in [0.25, 0.3) is 5.91 Å². The Morgan fingerprint density at radius 1 is 1.25 bits per heavy atom. The van der Waals surface area contributed by atoms with Crippen molar-refractivity contribution < 1.29 is 14.7 Å². The summed E-state index contributed by atoms with van der Waals surface area (Å²) in [5.74, 6) is -1.56. The number of anilines is 1. The monoisotopic (exact) mass is 290 g/mol. The Morgan fingerprint density at radius 3 is 2.65 bits per heavy atom. The minimum atomic E-state index is -1.16. The van der Waals surface area contributed by atoms with Crippen molar-refractivity contribution in [2.24, 2.45) is 0 Å². The van der Waals surface area contributed by atoms with E-state index in [1.165, 1.54) is 24.4 Å². The molecule has 20 heavy (non-hydrogen) atoms. The molecule has 0 saturated carbocycles. The number of aryl methyl sites for hydroxylation is 1. The molecule has 2 rings (SSSR count). The van der Waals surface area contributed by atoms with E-state index in [2.05, 4.69) is 10.3 Å². The zero-order chi connectivity index (χ0) is 14.7. The highest BCUT2D eigenvalue weighted by Crippen LogP contribution is 2.21. The molecule has 1 aromatic carbocycles. The van der Waals surface area contributed by atoms with Gasteiger partial charge in [-0.3, -0.25) is 9.78 Å². The lowest BCUT2D eigenvalue weighted by atomic mass is 10.1. The first kappa shape index (κ1) is 14.0. The molecule has 0 unspecified atom stereocenters. The normalized spacial score (nSPS) is 10.1. The topological polar surface area (TPSA) is 79.3 Å². The van der Waals surface area contributed by atoms with Gasteiger partial charge >= 0.3 is 5.97 Å². The van der Waals surface area contributed by atoms with Gasteiger partial charge in [-0.1, -0.05) is 11.6 Å². The fraction of sp³-hybridized carbons (Fsp3) is 0.0714. The molecule has 0 fully saturated rings. The molecular formula is C14H11ClN2O3. The number of aromatic nitrogens is 1. The molecule has 0 aliphatic carbocycles. The number of benzene rings is 1. The summed E-state index contributed by atoms with van der Waals surface area (Å²) in [6, 6.07) is 7.43. The molecule has 0 saturated heterocycles. The van der Waals surface area contributed by atoms with E-state index in [1.54, 1.807) is 19.1 Å². The van der Waals surface area contributed by atoms with E-state index < -0.39 is 11.9 Å². The Hall–Kier alpha value is -2.40. The maximum absolute atomic E-state index is 12.1. The fourth-order valence-corrected chi connectivity index (χ4v) is 1.86. The van der Waals surface area contributed by atoms with E-state index >= 15 is 0 Å². The summed E-state index contributed by atoms with van der Waals surface area (Å²) in [6.07, 6.45) is 1.52. The summed E-state index contributed by atoms with van der Waals surface area (Å²) >= 11 is 5.75. The van der Waals surface area contributed by atoms with Crippen molar-refractivity contribution in [2.75, 3.05) is 5.32 Å². The number of amides is 1. The molecule has 6 heteroatoms. The lowest BCUT2D eigenvalue weighted by molar-refractivity contribution is 0.0698. The number of nitrogens with zero attached hydrogens (tertiary/aromatic N) is 1. The molecule has 102 valence electrons. The number of halogens is 1. The zero-order valence-corrected chi connectivity index (χ0v) is 11.3. The van der Waals surface area contributed by atoms with Crippen LogP contribution >= 0.6 is 11.6 Å². The van der Waals surface area contributed by atoms with Gasteiger partial charge in [0.2, 0.25) is 0 Å². The first-order chi connectivity index (χ1) is 9.47. The van der Waals surface area contributed by atoms with Crippen LogP contribution < -0.4 is 5.32 Å². The summed E-state index contributed by atoms with van der Waals surface area (Å²) < 4.78 is 0. The number of hydrogen-bond donors (Lipinski definition) is 2. The molecule has 0 atom stereocenters. The largest absolute Gasteiger partial charge is 0.478 e. The number of carbonyl (C=O) groups is 2. The van der Waals surface area contributed by atoms with Crippen LogP contribution in [-0.2, 0) is 0 Å². The third kappa shape index (κ3) is 3.13. The number of carboxylic acid groups (broad SMARTS) is 1. The van der Waals surface area contributed by atoms with Crippen molar-refractivity contribution in [3.63, 3.8) is 0 Å². The van der Waals surface area contributed by atoms with Crippen LogP contribution in [0.3, 0.4) is 0 Å². The molecule has 2 aromatic rings. The van der Waals surface area contributed by atoms with Gasteiger partial charge < -0.3 is 10.4 Å². The van der Waals surface area contributed by atoms with Gasteiger partial charge in [-0.15, -0.1) is 0 Å². The van der Waals surface area contributed by atoms with E-state index in [9.17, 15) is 9.59 Å². The smallest absolute Gasteiger partial charge is 0.337 e. The van der Waals surface area contributed by atoms with E-state index in [0.717, 1.165) is 0 Å². The average Bonchev–Trinajstić information content (AvgIpc) is 2.40. The Bertz CT molecular complexity index is 686. The van der Waals surface area contributed by atoms with Gasteiger partial charge in [-0.25, -0.2) is 4.79 Å². The van der Waals surface area contributed by atoms with Crippen LogP contribution in [0.2, 0.25) is 5.02 Å². The average molecular weight is 291 g/mol. The van der Waals surface area contributed by atoms with Crippen LogP contribution in [0, 0.1) is 6.92 Å². The molecule has 0 radical (unpaired) electrons. The van der Waals surface area contributed by atoms with Gasteiger partial charge in [0.1, 0.15) is 0 Å². The third-order valence-corrected chi connectivity index (χ3v) is 2.85. The molecule has 1 heterocycles. The minimum Gasteiger partial charge on any atom is -0.478 e. The van der Waals surface area contributed by atoms with Crippen molar-refractivity contribution in [3.8, 4) is 0 Å². The first-order valence-electron chi connectivity index (χ1n) is 5.74. The van der Waals surface area contributed by atoms with Crippen LogP contribution in [0.25, 0.3) is 0 Å². The van der Waals surface area contributed by atoms with E-state index in [1.807, 2.05) is 0 Å². The minimum absolute atomic E-state index is 0.0587. The van der Waals surface area contributed by atoms with E-state index in [0.29, 0.717) is 16.3 Å². The lowest BCUT2D eigenvalue weighted by Gasteiger charge is -2.09. The second kappa shape index (κ2) is 5.71. The van der Waals surface area contributed by atoms with Crippen molar-refractivity contribution in [2.45, 2.75) is 6.92 Å². The zero-order valence-electron chi connectivity index (χ0n) is 10.6. The second-order valence-corrected chi connectivity index (χ2v) is 4.57. The van der Waals surface area contributed by atoms with Gasteiger partial charge in [0, 0.05) is 22.5 Å². The Morgan fingerprint density at radius 2 is 2.00 bits per heavy atom. The van der Waals surface area contributed by atoms with Crippen molar-refractivity contribution in [3.05, 3.63) is 58.4 Å². The highest BCUT2D eigenvalue weighted by molar-refractivity contribution is 6.31. The molecular weight excluding hydrogens is 280 g/mol. The van der Waals surface area contributed by atoms with Crippen molar-refractivity contribution >= 4 is 29.2 Å². The lowest BCUT2D eigenvalue weighted by Crippen LogP contribution is -2.15. The maximum atomic E-state index is 12.1. The summed E-state index contributed by atoms with van der Waals surface area (Å²) in [6.45, 7) is 1.77. The highest BCUT2D eigenvalue weighted by atomic mass is 35.5.